The van der Waals surface area contributed by atoms with Crippen LogP contribution in [0.15, 0.2) is 0 Å². The molecule has 0 aromatic rings. The van der Waals surface area contributed by atoms with Crippen molar-refractivity contribution in [2.75, 3.05) is 0 Å². The Kier molecular flexibility index (Phi) is 9.88. The van der Waals surface area contributed by atoms with E-state index in [1.54, 1.807) is 0 Å². The molecule has 2 amide bonds. The van der Waals surface area contributed by atoms with E-state index in [1.807, 2.05) is 0 Å². The summed E-state index contributed by atoms with van der Waals surface area (Å²) in [4.78, 5) is 48.7. The van der Waals surface area contributed by atoms with E-state index in [4.69, 9.17) is 0 Å². The summed E-state index contributed by atoms with van der Waals surface area (Å²) in [6.07, 6.45) is 15.7. The van der Waals surface area contributed by atoms with Crippen LogP contribution in [0, 0.1) is 35.5 Å². The molecule has 0 spiro atoms. The molecule has 0 heterocycles. The van der Waals surface area contributed by atoms with Crippen LogP contribution in [0.2, 0.25) is 0 Å². The molecule has 4 rings (SSSR count). The van der Waals surface area contributed by atoms with E-state index in [1.165, 1.54) is 6.42 Å². The maximum absolute atomic E-state index is 12.8. The third kappa shape index (κ3) is 7.47. The molecule has 0 unspecified atom stereocenters. The van der Waals surface area contributed by atoms with Gasteiger partial charge in [0.15, 0.2) is 0 Å². The standard InChI is InChI=1S/C29H46N2O6/c32-26(22-5-1-3-7-24(22)28(34)35)30-20-13-9-18(10-14-20)17-19-11-15-21(16-12-19)31-27(33)23-6-2-4-8-25(23)29(36)37/h18-25H,1-17H2,(H,30,32)(H,31,33)(H,34,35)(H,36,37)/t18?,19?,20?,21?,22-,23+,24+,25-. The van der Waals surface area contributed by atoms with Crippen LogP contribution >= 0.6 is 0 Å². The molecular weight excluding hydrogens is 472 g/mol. The molecule has 4 N–H and O–H groups in total. The SMILES string of the molecule is O=C(O)[C@H]1CCCC[C@H]1C(=O)NC1CCC(CC2CCC(NC(=O)[C@H]3CCCC[C@H]3C(=O)O)CC2)CC1. The Balaban J connectivity index is 1.14. The summed E-state index contributed by atoms with van der Waals surface area (Å²) in [5.41, 5.74) is 0. The summed E-state index contributed by atoms with van der Waals surface area (Å²) in [5.74, 6) is -2.28. The number of carbonyl (C=O) groups is 4. The number of rotatable bonds is 8. The lowest BCUT2D eigenvalue weighted by molar-refractivity contribution is -0.149. The van der Waals surface area contributed by atoms with Crippen molar-refractivity contribution in [3.05, 3.63) is 0 Å². The average molecular weight is 519 g/mol. The van der Waals surface area contributed by atoms with Gasteiger partial charge in [0, 0.05) is 12.1 Å². The van der Waals surface area contributed by atoms with Gasteiger partial charge in [-0.2, -0.15) is 0 Å². The van der Waals surface area contributed by atoms with E-state index >= 15 is 0 Å². The molecule has 8 nitrogen and oxygen atoms in total. The number of carboxylic acid groups (broad SMARTS) is 2. The highest BCUT2D eigenvalue weighted by atomic mass is 16.4. The van der Waals surface area contributed by atoms with Crippen LogP contribution in [-0.2, 0) is 19.2 Å². The third-order valence-electron chi connectivity index (χ3n) is 9.89. The van der Waals surface area contributed by atoms with Gasteiger partial charge in [0.2, 0.25) is 11.8 Å². The summed E-state index contributed by atoms with van der Waals surface area (Å²) >= 11 is 0. The topological polar surface area (TPSA) is 133 Å². The number of hydrogen-bond acceptors (Lipinski definition) is 4. The highest BCUT2D eigenvalue weighted by molar-refractivity contribution is 5.85. The molecule has 0 aromatic heterocycles. The maximum Gasteiger partial charge on any atom is 0.307 e. The van der Waals surface area contributed by atoms with E-state index in [-0.39, 0.29) is 35.7 Å². The maximum atomic E-state index is 12.8. The van der Waals surface area contributed by atoms with Gasteiger partial charge in [-0.1, -0.05) is 25.7 Å². The molecule has 37 heavy (non-hydrogen) atoms. The van der Waals surface area contributed by atoms with Crippen LogP contribution in [0.25, 0.3) is 0 Å². The third-order valence-corrected chi connectivity index (χ3v) is 9.89. The zero-order chi connectivity index (χ0) is 26.4. The fourth-order valence-corrected chi connectivity index (χ4v) is 7.65. The Morgan fingerprint density at radius 3 is 1.14 bits per heavy atom. The molecule has 208 valence electrons. The molecule has 4 fully saturated rings. The first kappa shape index (κ1) is 27.9. The largest absolute Gasteiger partial charge is 0.481 e. The Labute approximate surface area is 220 Å². The first-order chi connectivity index (χ1) is 17.8. The second-order valence-corrected chi connectivity index (χ2v) is 12.4. The molecule has 0 radical (unpaired) electrons. The number of carbonyl (C=O) groups excluding carboxylic acids is 2. The van der Waals surface area contributed by atoms with Crippen molar-refractivity contribution in [1.82, 2.24) is 10.6 Å². The molecule has 0 aliphatic heterocycles. The minimum Gasteiger partial charge on any atom is -0.481 e. The lowest BCUT2D eigenvalue weighted by Crippen LogP contribution is -2.45. The van der Waals surface area contributed by atoms with Crippen molar-refractivity contribution in [1.29, 1.82) is 0 Å². The van der Waals surface area contributed by atoms with Crippen LogP contribution in [0.4, 0.5) is 0 Å². The normalized spacial score (nSPS) is 36.8. The number of nitrogens with one attached hydrogen (secondary N) is 2. The molecule has 0 aromatic carbocycles. The fraction of sp³-hybridized carbons (Fsp3) is 0.862. The van der Waals surface area contributed by atoms with Crippen molar-refractivity contribution in [2.24, 2.45) is 35.5 Å². The Morgan fingerprint density at radius 1 is 0.486 bits per heavy atom. The van der Waals surface area contributed by atoms with E-state index < -0.39 is 23.8 Å². The smallest absolute Gasteiger partial charge is 0.307 e. The van der Waals surface area contributed by atoms with Crippen molar-refractivity contribution in [3.63, 3.8) is 0 Å². The second kappa shape index (κ2) is 13.1. The van der Waals surface area contributed by atoms with E-state index in [0.717, 1.165) is 77.0 Å². The first-order valence-corrected chi connectivity index (χ1v) is 14.9. The summed E-state index contributed by atoms with van der Waals surface area (Å²) < 4.78 is 0. The van der Waals surface area contributed by atoms with Crippen LogP contribution in [0.5, 0.6) is 0 Å². The lowest BCUT2D eigenvalue weighted by atomic mass is 9.75. The summed E-state index contributed by atoms with van der Waals surface area (Å²) in [6.45, 7) is 0. The Morgan fingerprint density at radius 2 is 0.811 bits per heavy atom. The van der Waals surface area contributed by atoms with Crippen LogP contribution < -0.4 is 10.6 Å². The fourth-order valence-electron chi connectivity index (χ4n) is 7.65. The molecule has 0 bridgehead atoms. The van der Waals surface area contributed by atoms with Crippen LogP contribution in [-0.4, -0.2) is 46.0 Å². The van der Waals surface area contributed by atoms with E-state index in [2.05, 4.69) is 10.6 Å². The molecule has 4 aliphatic rings. The van der Waals surface area contributed by atoms with E-state index in [0.29, 0.717) is 37.5 Å². The predicted molar refractivity (Wildman–Crippen MR) is 139 cm³/mol. The molecule has 8 heteroatoms. The molecule has 4 aliphatic carbocycles. The van der Waals surface area contributed by atoms with Gasteiger partial charge in [-0.15, -0.1) is 0 Å². The van der Waals surface area contributed by atoms with Crippen molar-refractivity contribution < 1.29 is 29.4 Å². The highest BCUT2D eigenvalue weighted by Gasteiger charge is 2.38. The van der Waals surface area contributed by atoms with Gasteiger partial charge in [0.1, 0.15) is 0 Å². The molecule has 4 saturated carbocycles. The highest BCUT2D eigenvalue weighted by Crippen LogP contribution is 2.37. The quantitative estimate of drug-likeness (QED) is 0.374. The zero-order valence-electron chi connectivity index (χ0n) is 22.2. The van der Waals surface area contributed by atoms with E-state index in [9.17, 15) is 29.4 Å². The van der Waals surface area contributed by atoms with Gasteiger partial charge in [-0.25, -0.2) is 0 Å². The monoisotopic (exact) mass is 518 g/mol. The minimum atomic E-state index is -0.837. The Bertz CT molecular complexity index is 749. The first-order valence-electron chi connectivity index (χ1n) is 14.9. The molecular formula is C29H46N2O6. The zero-order valence-corrected chi connectivity index (χ0v) is 22.2. The van der Waals surface area contributed by atoms with Crippen LogP contribution in [0.3, 0.4) is 0 Å². The van der Waals surface area contributed by atoms with Crippen molar-refractivity contribution in [2.45, 2.75) is 121 Å². The van der Waals surface area contributed by atoms with Gasteiger partial charge in [-0.05, 0) is 95.3 Å². The number of carboxylic acids is 2. The number of aliphatic carboxylic acids is 2. The van der Waals surface area contributed by atoms with Gasteiger partial charge in [-0.3, -0.25) is 19.2 Å². The van der Waals surface area contributed by atoms with Gasteiger partial charge < -0.3 is 20.8 Å². The Hall–Kier alpha value is -2.12. The summed E-state index contributed by atoms with van der Waals surface area (Å²) in [7, 11) is 0. The summed E-state index contributed by atoms with van der Waals surface area (Å²) in [6, 6.07) is 0.334. The van der Waals surface area contributed by atoms with Gasteiger partial charge in [0.25, 0.3) is 0 Å². The van der Waals surface area contributed by atoms with Crippen molar-refractivity contribution in [3.8, 4) is 0 Å². The van der Waals surface area contributed by atoms with Gasteiger partial charge in [0.05, 0.1) is 23.7 Å². The van der Waals surface area contributed by atoms with Crippen molar-refractivity contribution >= 4 is 23.8 Å². The minimum absolute atomic E-state index is 0.0566. The average Bonchev–Trinajstić information content (AvgIpc) is 2.90. The molecule has 4 atom stereocenters. The molecule has 0 saturated heterocycles. The number of amides is 2. The van der Waals surface area contributed by atoms with Gasteiger partial charge >= 0.3 is 11.9 Å². The second-order valence-electron chi connectivity index (χ2n) is 12.4. The van der Waals surface area contributed by atoms with Crippen LogP contribution in [0.1, 0.15) is 109 Å². The lowest BCUT2D eigenvalue weighted by Gasteiger charge is -2.36. The number of hydrogen-bond donors (Lipinski definition) is 4. The predicted octanol–water partition coefficient (Wildman–Crippen LogP) is 4.51. The summed E-state index contributed by atoms with van der Waals surface area (Å²) in [5, 5.41) is 25.3.